The Bertz CT molecular complexity index is 1320. The van der Waals surface area contributed by atoms with E-state index in [9.17, 15) is 9.59 Å². The van der Waals surface area contributed by atoms with Gasteiger partial charge in [0.25, 0.3) is 5.56 Å². The molecule has 0 unspecified atom stereocenters. The summed E-state index contributed by atoms with van der Waals surface area (Å²) in [6, 6.07) is 12.6. The molecule has 4 rings (SSSR count). The number of nitrogens with one attached hydrogen (secondary N) is 1. The van der Waals surface area contributed by atoms with Crippen molar-refractivity contribution in [3.63, 3.8) is 0 Å². The number of fused-ring (bicyclic) bond motifs is 1. The molecule has 30 heavy (non-hydrogen) atoms. The van der Waals surface area contributed by atoms with Gasteiger partial charge in [0.2, 0.25) is 5.91 Å². The lowest BCUT2D eigenvalue weighted by molar-refractivity contribution is -0.116. The van der Waals surface area contributed by atoms with Gasteiger partial charge in [0, 0.05) is 34.5 Å². The van der Waals surface area contributed by atoms with Crippen molar-refractivity contribution in [2.45, 2.75) is 13.5 Å². The summed E-state index contributed by atoms with van der Waals surface area (Å²) in [5.74, 6) is -0.337. The van der Waals surface area contributed by atoms with Crippen LogP contribution in [0, 0.1) is 6.92 Å². The Balaban J connectivity index is 1.66. The quantitative estimate of drug-likeness (QED) is 0.501. The monoisotopic (exact) mass is 440 g/mol. The maximum Gasteiger partial charge on any atom is 0.278 e. The van der Waals surface area contributed by atoms with Crippen LogP contribution in [0.4, 0.5) is 5.69 Å². The van der Waals surface area contributed by atoms with Gasteiger partial charge in [0.05, 0.1) is 6.33 Å². The zero-order valence-electron chi connectivity index (χ0n) is 16.3. The zero-order valence-corrected chi connectivity index (χ0v) is 17.8. The van der Waals surface area contributed by atoms with Crippen LogP contribution in [-0.2, 0) is 18.4 Å². The number of carbonyl (C=O) groups is 1. The molecule has 0 spiro atoms. The fraction of sp³-hybridized carbons (Fsp3) is 0.136. The first-order valence-corrected chi connectivity index (χ1v) is 9.95. The number of amides is 1. The molecule has 0 aliphatic carbocycles. The van der Waals surface area contributed by atoms with Crippen molar-refractivity contribution in [1.29, 1.82) is 0 Å². The van der Waals surface area contributed by atoms with Crippen LogP contribution in [0.2, 0.25) is 10.0 Å². The van der Waals surface area contributed by atoms with Crippen LogP contribution >= 0.6 is 23.2 Å². The fourth-order valence-corrected chi connectivity index (χ4v) is 3.64. The summed E-state index contributed by atoms with van der Waals surface area (Å²) in [5.41, 5.74) is 3.93. The summed E-state index contributed by atoms with van der Waals surface area (Å²) in [6.07, 6.45) is 3.25. The SMILES string of the molecule is Cc1ccc(Cl)cc1NC(=O)Cn1cnc2c(-c3ccc(Cl)cc3)cn(C)c2c1=O. The Hall–Kier alpha value is -3.09. The number of nitrogens with zero attached hydrogens (tertiary/aromatic N) is 3. The highest BCUT2D eigenvalue weighted by atomic mass is 35.5. The van der Waals surface area contributed by atoms with Crippen LogP contribution in [0.3, 0.4) is 0 Å². The number of carbonyl (C=O) groups excluding carboxylic acids is 1. The second-order valence-electron chi connectivity index (χ2n) is 7.04. The van der Waals surface area contributed by atoms with Crippen molar-refractivity contribution < 1.29 is 4.79 Å². The summed E-state index contributed by atoms with van der Waals surface area (Å²) in [4.78, 5) is 30.0. The predicted octanol–water partition coefficient (Wildman–Crippen LogP) is 4.66. The lowest BCUT2D eigenvalue weighted by Crippen LogP contribution is -2.28. The minimum Gasteiger partial charge on any atom is -0.344 e. The van der Waals surface area contributed by atoms with Gasteiger partial charge in [-0.3, -0.25) is 14.2 Å². The lowest BCUT2D eigenvalue weighted by Gasteiger charge is -2.10. The maximum absolute atomic E-state index is 13.0. The summed E-state index contributed by atoms with van der Waals surface area (Å²) < 4.78 is 3.02. The molecular weight excluding hydrogens is 423 g/mol. The first-order valence-electron chi connectivity index (χ1n) is 9.20. The minimum absolute atomic E-state index is 0.158. The van der Waals surface area contributed by atoms with Gasteiger partial charge in [-0.25, -0.2) is 4.98 Å². The normalized spacial score (nSPS) is 11.1. The van der Waals surface area contributed by atoms with Gasteiger partial charge in [-0.05, 0) is 42.3 Å². The molecule has 2 aromatic carbocycles. The van der Waals surface area contributed by atoms with E-state index in [1.807, 2.05) is 31.3 Å². The predicted molar refractivity (Wildman–Crippen MR) is 120 cm³/mol. The third kappa shape index (κ3) is 3.84. The van der Waals surface area contributed by atoms with Crippen LogP contribution < -0.4 is 10.9 Å². The number of rotatable bonds is 4. The number of hydrogen-bond donors (Lipinski definition) is 1. The Labute approximate surface area is 182 Å². The van der Waals surface area contributed by atoms with Crippen molar-refractivity contribution in [3.05, 3.63) is 81.0 Å². The van der Waals surface area contributed by atoms with E-state index in [0.717, 1.165) is 16.7 Å². The molecule has 6 nitrogen and oxygen atoms in total. The van der Waals surface area contributed by atoms with Crippen molar-refractivity contribution in [3.8, 4) is 11.1 Å². The summed E-state index contributed by atoms with van der Waals surface area (Å²) in [6.45, 7) is 1.71. The highest BCUT2D eigenvalue weighted by Gasteiger charge is 2.16. The first kappa shape index (κ1) is 20.2. The molecule has 0 saturated carbocycles. The molecule has 0 fully saturated rings. The topological polar surface area (TPSA) is 68.9 Å². The van der Waals surface area contributed by atoms with Crippen LogP contribution in [0.5, 0.6) is 0 Å². The van der Waals surface area contributed by atoms with Crippen LogP contribution in [0.25, 0.3) is 22.2 Å². The van der Waals surface area contributed by atoms with Crippen molar-refractivity contribution in [2.24, 2.45) is 7.05 Å². The number of anilines is 1. The molecule has 0 aliphatic rings. The van der Waals surface area contributed by atoms with E-state index in [-0.39, 0.29) is 18.0 Å². The molecule has 0 aliphatic heterocycles. The molecule has 0 bridgehead atoms. The molecule has 1 N–H and O–H groups in total. The van der Waals surface area contributed by atoms with E-state index in [1.54, 1.807) is 35.9 Å². The molecule has 0 atom stereocenters. The molecule has 152 valence electrons. The highest BCUT2D eigenvalue weighted by Crippen LogP contribution is 2.28. The Kier molecular flexibility index (Phi) is 5.37. The number of aryl methyl sites for hydroxylation is 2. The first-order chi connectivity index (χ1) is 14.3. The van der Waals surface area contributed by atoms with Crippen LogP contribution in [0.15, 0.2) is 59.8 Å². The third-order valence-corrected chi connectivity index (χ3v) is 5.37. The molecule has 2 heterocycles. The van der Waals surface area contributed by atoms with Crippen molar-refractivity contribution in [1.82, 2.24) is 14.1 Å². The summed E-state index contributed by atoms with van der Waals surface area (Å²) >= 11 is 12.0. The molecule has 1 amide bonds. The van der Waals surface area contributed by atoms with Gasteiger partial charge in [-0.1, -0.05) is 41.4 Å². The second-order valence-corrected chi connectivity index (χ2v) is 7.92. The van der Waals surface area contributed by atoms with Crippen LogP contribution in [0.1, 0.15) is 5.56 Å². The molecule has 2 aromatic heterocycles. The Morgan fingerprint density at radius 2 is 1.80 bits per heavy atom. The van der Waals surface area contributed by atoms with E-state index < -0.39 is 0 Å². The van der Waals surface area contributed by atoms with Crippen LogP contribution in [-0.4, -0.2) is 20.0 Å². The van der Waals surface area contributed by atoms with E-state index in [1.165, 1.54) is 10.9 Å². The minimum atomic E-state index is -0.337. The summed E-state index contributed by atoms with van der Waals surface area (Å²) in [7, 11) is 1.78. The van der Waals surface area contributed by atoms with Gasteiger partial charge in [0.1, 0.15) is 17.6 Å². The molecule has 0 radical (unpaired) electrons. The average Bonchev–Trinajstić information content (AvgIpc) is 3.04. The highest BCUT2D eigenvalue weighted by molar-refractivity contribution is 6.31. The van der Waals surface area contributed by atoms with E-state index >= 15 is 0 Å². The van der Waals surface area contributed by atoms with E-state index in [2.05, 4.69) is 10.3 Å². The van der Waals surface area contributed by atoms with Gasteiger partial charge < -0.3 is 9.88 Å². The van der Waals surface area contributed by atoms with Crippen molar-refractivity contribution in [2.75, 3.05) is 5.32 Å². The Morgan fingerprint density at radius 1 is 1.10 bits per heavy atom. The molecule has 8 heteroatoms. The number of hydrogen-bond acceptors (Lipinski definition) is 3. The van der Waals surface area contributed by atoms with Crippen molar-refractivity contribution >= 4 is 45.8 Å². The summed E-state index contributed by atoms with van der Waals surface area (Å²) in [5, 5.41) is 3.95. The number of aromatic nitrogens is 3. The largest absolute Gasteiger partial charge is 0.344 e. The van der Waals surface area contributed by atoms with E-state index in [4.69, 9.17) is 23.2 Å². The van der Waals surface area contributed by atoms with Gasteiger partial charge in [-0.2, -0.15) is 0 Å². The lowest BCUT2D eigenvalue weighted by atomic mass is 10.1. The molecular formula is C22H18Cl2N4O2. The fourth-order valence-electron chi connectivity index (χ4n) is 3.34. The standard InChI is InChI=1S/C22H18Cl2N4O2/c1-13-3-6-16(24)9-18(13)26-19(29)11-28-12-25-20-17(10-27(2)21(20)22(28)30)14-4-7-15(23)8-5-14/h3-10,12H,11H2,1-2H3,(H,26,29). The molecule has 0 saturated heterocycles. The number of benzene rings is 2. The maximum atomic E-state index is 13.0. The van der Waals surface area contributed by atoms with Gasteiger partial charge in [0.15, 0.2) is 0 Å². The number of halogens is 2. The second kappa shape index (κ2) is 7.97. The average molecular weight is 441 g/mol. The molecule has 4 aromatic rings. The van der Waals surface area contributed by atoms with Gasteiger partial charge >= 0.3 is 0 Å². The zero-order chi connectivity index (χ0) is 21.4. The van der Waals surface area contributed by atoms with Gasteiger partial charge in [-0.15, -0.1) is 0 Å². The third-order valence-electron chi connectivity index (χ3n) is 4.89. The smallest absolute Gasteiger partial charge is 0.278 e. The Morgan fingerprint density at radius 3 is 2.53 bits per heavy atom. The van der Waals surface area contributed by atoms with E-state index in [0.29, 0.717) is 26.8 Å².